The minimum Gasteiger partial charge on any atom is -0.373 e. The van der Waals surface area contributed by atoms with Crippen LogP contribution in [0.3, 0.4) is 0 Å². The number of methoxy groups -OCH3 is 1. The Bertz CT molecular complexity index is 508. The number of hydrogen-bond acceptors (Lipinski definition) is 4. The summed E-state index contributed by atoms with van der Waals surface area (Å²) in [5, 5.41) is 1.44. The maximum Gasteiger partial charge on any atom is 0.160 e. The third-order valence-electron chi connectivity index (χ3n) is 2.43. The molecule has 0 aromatic carbocycles. The van der Waals surface area contributed by atoms with Crippen LogP contribution in [0, 0.1) is 6.92 Å². The molecule has 1 unspecified atom stereocenters. The number of halogens is 1. The Morgan fingerprint density at radius 2 is 2.25 bits per heavy atom. The molecule has 16 heavy (non-hydrogen) atoms. The lowest BCUT2D eigenvalue weighted by Crippen LogP contribution is -2.05. The Balaban J connectivity index is 2.56. The van der Waals surface area contributed by atoms with Gasteiger partial charge < -0.3 is 4.74 Å². The quantitative estimate of drug-likeness (QED) is 0.785. The van der Waals surface area contributed by atoms with Gasteiger partial charge in [-0.25, -0.2) is 9.97 Å². The standard InChI is InChI=1S/C11H13ClN2OS/c1-4-8(15-3)10-13-9(12)7-5-6(2)16-11(7)14-10/h5,8H,4H2,1-3H3. The third-order valence-corrected chi connectivity index (χ3v) is 3.66. The molecule has 86 valence electrons. The van der Waals surface area contributed by atoms with Crippen molar-refractivity contribution in [3.05, 3.63) is 21.9 Å². The molecule has 0 aliphatic rings. The normalized spacial score (nSPS) is 13.2. The summed E-state index contributed by atoms with van der Waals surface area (Å²) in [6, 6.07) is 2.01. The van der Waals surface area contributed by atoms with Crippen LogP contribution in [0.5, 0.6) is 0 Å². The number of aryl methyl sites for hydroxylation is 1. The second-order valence-corrected chi connectivity index (χ2v) is 5.17. The molecular weight excluding hydrogens is 244 g/mol. The van der Waals surface area contributed by atoms with E-state index in [9.17, 15) is 0 Å². The van der Waals surface area contributed by atoms with Crippen LogP contribution in [-0.2, 0) is 4.74 Å². The highest BCUT2D eigenvalue weighted by Crippen LogP contribution is 2.30. The lowest BCUT2D eigenvalue weighted by atomic mass is 10.2. The molecule has 2 heterocycles. The molecule has 0 amide bonds. The van der Waals surface area contributed by atoms with E-state index < -0.39 is 0 Å². The van der Waals surface area contributed by atoms with Gasteiger partial charge in [-0.3, -0.25) is 0 Å². The molecule has 0 saturated carbocycles. The first kappa shape index (κ1) is 11.8. The highest BCUT2D eigenvalue weighted by Gasteiger charge is 2.15. The van der Waals surface area contributed by atoms with Gasteiger partial charge in [0.15, 0.2) is 5.82 Å². The highest BCUT2D eigenvalue weighted by atomic mass is 35.5. The van der Waals surface area contributed by atoms with Crippen molar-refractivity contribution in [1.82, 2.24) is 9.97 Å². The Kier molecular flexibility index (Phi) is 3.42. The minimum atomic E-state index is -0.0793. The van der Waals surface area contributed by atoms with E-state index in [2.05, 4.69) is 9.97 Å². The predicted molar refractivity (Wildman–Crippen MR) is 67.2 cm³/mol. The second-order valence-electron chi connectivity index (χ2n) is 3.58. The molecule has 0 aliphatic carbocycles. The maximum atomic E-state index is 6.13. The molecule has 0 bridgehead atoms. The fourth-order valence-electron chi connectivity index (χ4n) is 1.62. The summed E-state index contributed by atoms with van der Waals surface area (Å²) in [6.07, 6.45) is 0.757. The summed E-state index contributed by atoms with van der Waals surface area (Å²) in [4.78, 5) is 10.9. The summed E-state index contributed by atoms with van der Waals surface area (Å²) in [6.45, 7) is 4.07. The van der Waals surface area contributed by atoms with E-state index in [-0.39, 0.29) is 6.10 Å². The number of aromatic nitrogens is 2. The van der Waals surface area contributed by atoms with Crippen molar-refractivity contribution in [3.63, 3.8) is 0 Å². The van der Waals surface area contributed by atoms with Crippen LogP contribution in [-0.4, -0.2) is 17.1 Å². The van der Waals surface area contributed by atoms with E-state index in [1.54, 1.807) is 18.4 Å². The van der Waals surface area contributed by atoms with Gasteiger partial charge in [0.25, 0.3) is 0 Å². The van der Waals surface area contributed by atoms with E-state index in [0.717, 1.165) is 16.6 Å². The topological polar surface area (TPSA) is 35.0 Å². The second kappa shape index (κ2) is 4.65. The number of ether oxygens (including phenoxy) is 1. The first-order chi connectivity index (χ1) is 7.65. The molecule has 2 aromatic rings. The molecule has 0 aliphatic heterocycles. The Morgan fingerprint density at radius 1 is 1.50 bits per heavy atom. The van der Waals surface area contributed by atoms with Gasteiger partial charge in [-0.15, -0.1) is 11.3 Å². The zero-order valence-corrected chi connectivity index (χ0v) is 11.0. The molecule has 0 radical (unpaired) electrons. The molecule has 3 nitrogen and oxygen atoms in total. The van der Waals surface area contributed by atoms with E-state index in [0.29, 0.717) is 11.0 Å². The Labute approximate surface area is 103 Å². The molecular formula is C11H13ClN2OS. The monoisotopic (exact) mass is 256 g/mol. The van der Waals surface area contributed by atoms with Crippen LogP contribution in [0.1, 0.15) is 30.2 Å². The largest absolute Gasteiger partial charge is 0.373 e. The van der Waals surface area contributed by atoms with Gasteiger partial charge in [0.05, 0.1) is 0 Å². The molecule has 2 rings (SSSR count). The number of fused-ring (bicyclic) bond motifs is 1. The number of nitrogens with zero attached hydrogens (tertiary/aromatic N) is 2. The minimum absolute atomic E-state index is 0.0793. The summed E-state index contributed by atoms with van der Waals surface area (Å²) >= 11 is 7.76. The molecule has 0 spiro atoms. The van der Waals surface area contributed by atoms with Crippen LogP contribution in [0.25, 0.3) is 10.2 Å². The van der Waals surface area contributed by atoms with Gasteiger partial charge >= 0.3 is 0 Å². The number of thiophene rings is 1. The molecule has 0 N–H and O–H groups in total. The lowest BCUT2D eigenvalue weighted by Gasteiger charge is -2.11. The van der Waals surface area contributed by atoms with Crippen LogP contribution in [0.15, 0.2) is 6.07 Å². The summed E-state index contributed by atoms with van der Waals surface area (Å²) in [5.41, 5.74) is 0. The van der Waals surface area contributed by atoms with E-state index >= 15 is 0 Å². The van der Waals surface area contributed by atoms with Gasteiger partial charge in [-0.2, -0.15) is 0 Å². The maximum absolute atomic E-state index is 6.13. The van der Waals surface area contributed by atoms with Crippen LogP contribution in [0.4, 0.5) is 0 Å². The molecule has 1 atom stereocenters. The molecule has 2 aromatic heterocycles. The van der Waals surface area contributed by atoms with Crippen molar-refractivity contribution in [2.24, 2.45) is 0 Å². The first-order valence-electron chi connectivity index (χ1n) is 5.12. The summed E-state index contributed by atoms with van der Waals surface area (Å²) in [7, 11) is 1.66. The van der Waals surface area contributed by atoms with Crippen molar-refractivity contribution in [2.75, 3.05) is 7.11 Å². The van der Waals surface area contributed by atoms with Gasteiger partial charge in [-0.1, -0.05) is 18.5 Å². The number of hydrogen-bond donors (Lipinski definition) is 0. The van der Waals surface area contributed by atoms with Gasteiger partial charge in [0, 0.05) is 17.4 Å². The van der Waals surface area contributed by atoms with Crippen molar-refractivity contribution in [3.8, 4) is 0 Å². The molecule has 0 fully saturated rings. The summed E-state index contributed by atoms with van der Waals surface area (Å²) < 4.78 is 5.32. The van der Waals surface area contributed by atoms with Crippen LogP contribution >= 0.6 is 22.9 Å². The van der Waals surface area contributed by atoms with E-state index in [1.807, 2.05) is 19.9 Å². The Hall–Kier alpha value is -0.710. The first-order valence-corrected chi connectivity index (χ1v) is 6.31. The average Bonchev–Trinajstić information content (AvgIpc) is 2.61. The van der Waals surface area contributed by atoms with Crippen molar-refractivity contribution < 1.29 is 4.74 Å². The van der Waals surface area contributed by atoms with Crippen LogP contribution in [0.2, 0.25) is 5.15 Å². The highest BCUT2D eigenvalue weighted by molar-refractivity contribution is 7.18. The summed E-state index contributed by atoms with van der Waals surface area (Å²) in [5.74, 6) is 0.671. The van der Waals surface area contributed by atoms with E-state index in [1.165, 1.54) is 4.88 Å². The number of rotatable bonds is 3. The Morgan fingerprint density at radius 3 is 2.88 bits per heavy atom. The third kappa shape index (κ3) is 2.05. The van der Waals surface area contributed by atoms with Gasteiger partial charge in [0.1, 0.15) is 16.1 Å². The molecule has 5 heteroatoms. The zero-order chi connectivity index (χ0) is 11.7. The zero-order valence-electron chi connectivity index (χ0n) is 9.45. The lowest BCUT2D eigenvalue weighted by molar-refractivity contribution is 0.0929. The van der Waals surface area contributed by atoms with Crippen molar-refractivity contribution in [2.45, 2.75) is 26.4 Å². The van der Waals surface area contributed by atoms with Gasteiger partial charge in [0.2, 0.25) is 0 Å². The predicted octanol–water partition coefficient (Wildman–Crippen LogP) is 3.75. The van der Waals surface area contributed by atoms with Crippen molar-refractivity contribution in [1.29, 1.82) is 0 Å². The van der Waals surface area contributed by atoms with Crippen LogP contribution < -0.4 is 0 Å². The van der Waals surface area contributed by atoms with E-state index in [4.69, 9.17) is 16.3 Å². The molecule has 0 saturated heterocycles. The van der Waals surface area contributed by atoms with Gasteiger partial charge in [-0.05, 0) is 19.4 Å². The fourth-order valence-corrected chi connectivity index (χ4v) is 2.79. The average molecular weight is 257 g/mol. The smallest absolute Gasteiger partial charge is 0.160 e. The fraction of sp³-hybridized carbons (Fsp3) is 0.455. The SMILES string of the molecule is CCC(OC)c1nc(Cl)c2cc(C)sc2n1. The van der Waals surface area contributed by atoms with Crippen molar-refractivity contribution >= 4 is 33.2 Å².